The van der Waals surface area contributed by atoms with Gasteiger partial charge in [-0.15, -0.1) is 0 Å². The molecule has 3 aromatic rings. The number of rotatable bonds is 8. The van der Waals surface area contributed by atoms with E-state index in [1.54, 1.807) is 21.3 Å². The molecule has 7 nitrogen and oxygen atoms in total. The Balaban J connectivity index is 1.79. The van der Waals surface area contributed by atoms with Crippen molar-refractivity contribution in [3.63, 3.8) is 0 Å². The molecule has 3 rings (SSSR count). The first-order valence-electron chi connectivity index (χ1n) is 9.29. The Morgan fingerprint density at radius 1 is 1.00 bits per heavy atom. The average Bonchev–Trinajstić information content (AvgIpc) is 3.08. The van der Waals surface area contributed by atoms with Gasteiger partial charge in [-0.25, -0.2) is 4.68 Å². The smallest absolute Gasteiger partial charge is 0.221 e. The van der Waals surface area contributed by atoms with Crippen LogP contribution in [0.5, 0.6) is 17.2 Å². The highest BCUT2D eigenvalue weighted by atomic mass is 32.1. The first-order chi connectivity index (χ1) is 14.0. The number of nitrogens with one attached hydrogen (secondary N) is 2. The maximum absolute atomic E-state index is 5.59. The van der Waals surface area contributed by atoms with Crippen molar-refractivity contribution < 1.29 is 19.1 Å². The highest BCUT2D eigenvalue weighted by Crippen LogP contribution is 2.39. The molecule has 1 heterocycles. The lowest BCUT2D eigenvalue weighted by Gasteiger charge is -2.19. The highest BCUT2D eigenvalue weighted by Gasteiger charge is 2.19. The van der Waals surface area contributed by atoms with E-state index in [1.165, 1.54) is 10.5 Å². The van der Waals surface area contributed by atoms with Crippen LogP contribution in [0.2, 0.25) is 0 Å². The van der Waals surface area contributed by atoms with Crippen molar-refractivity contribution in [1.82, 2.24) is 14.8 Å². The highest BCUT2D eigenvalue weighted by molar-refractivity contribution is 7.71. The average molecular weight is 416 g/mol. The molecule has 0 saturated heterocycles. The van der Waals surface area contributed by atoms with Crippen molar-refractivity contribution in [2.24, 2.45) is 0 Å². The molecule has 0 fully saturated rings. The van der Waals surface area contributed by atoms with E-state index in [2.05, 4.69) is 36.2 Å². The van der Waals surface area contributed by atoms with E-state index >= 15 is 0 Å². The summed E-state index contributed by atoms with van der Waals surface area (Å²) < 4.78 is 18.8. The van der Waals surface area contributed by atoms with Crippen molar-refractivity contribution >= 4 is 12.2 Å². The summed E-state index contributed by atoms with van der Waals surface area (Å²) in [6, 6.07) is 12.1. The maximum Gasteiger partial charge on any atom is 0.221 e. The number of hydrogen-bond donors (Lipinski definition) is 2. The van der Waals surface area contributed by atoms with Crippen LogP contribution in [0.3, 0.4) is 0 Å². The molecule has 0 aliphatic rings. The third kappa shape index (κ3) is 4.60. The molecule has 29 heavy (non-hydrogen) atoms. The van der Waals surface area contributed by atoms with Crippen LogP contribution in [0.1, 0.15) is 11.1 Å². The minimum atomic E-state index is 0.527. The molecule has 0 saturated carbocycles. The van der Waals surface area contributed by atoms with Gasteiger partial charge in [-0.1, -0.05) is 29.8 Å². The Kier molecular flexibility index (Phi) is 6.56. The van der Waals surface area contributed by atoms with Gasteiger partial charge in [-0.05, 0) is 31.3 Å². The summed E-state index contributed by atoms with van der Waals surface area (Å²) in [5.74, 6) is 2.69. The van der Waals surface area contributed by atoms with Crippen molar-refractivity contribution in [1.29, 1.82) is 0 Å². The molecule has 2 N–H and O–H groups in total. The number of aromatic amines is 1. The van der Waals surface area contributed by atoms with Crippen LogP contribution >= 0.6 is 12.2 Å². The summed E-state index contributed by atoms with van der Waals surface area (Å²) >= 11 is 5.45. The Hall–Kier alpha value is -2.84. The molecular formula is C21H27N4O3S+. The molecule has 1 atom stereocenters. The topological polar surface area (TPSA) is 65.7 Å². The molecule has 1 unspecified atom stereocenters. The van der Waals surface area contributed by atoms with Crippen LogP contribution in [0.25, 0.3) is 11.4 Å². The number of aryl methyl sites for hydroxylation is 1. The zero-order valence-corrected chi connectivity index (χ0v) is 18.2. The third-order valence-corrected chi connectivity index (χ3v) is 5.02. The molecule has 0 aliphatic heterocycles. The summed E-state index contributed by atoms with van der Waals surface area (Å²) in [6.45, 7) is 3.41. The number of quaternary nitrogens is 1. The lowest BCUT2D eigenvalue weighted by molar-refractivity contribution is -0.917. The minimum Gasteiger partial charge on any atom is -0.493 e. The number of ether oxygens (including phenoxy) is 3. The Labute approximate surface area is 175 Å². The van der Waals surface area contributed by atoms with Gasteiger partial charge in [0.1, 0.15) is 6.54 Å². The Morgan fingerprint density at radius 3 is 2.31 bits per heavy atom. The van der Waals surface area contributed by atoms with E-state index in [4.69, 9.17) is 26.4 Å². The van der Waals surface area contributed by atoms with Gasteiger partial charge >= 0.3 is 0 Å². The number of hydrogen-bond acceptors (Lipinski definition) is 5. The maximum atomic E-state index is 5.59. The second kappa shape index (κ2) is 9.11. The van der Waals surface area contributed by atoms with Crippen LogP contribution in [0, 0.1) is 11.7 Å². The van der Waals surface area contributed by atoms with Gasteiger partial charge in [0.05, 0.1) is 33.9 Å². The van der Waals surface area contributed by atoms with E-state index in [0.29, 0.717) is 35.2 Å². The fourth-order valence-electron chi connectivity index (χ4n) is 3.26. The second-order valence-electron chi connectivity index (χ2n) is 6.93. The molecule has 1 aromatic heterocycles. The van der Waals surface area contributed by atoms with Crippen LogP contribution in [-0.2, 0) is 13.2 Å². The van der Waals surface area contributed by atoms with Crippen LogP contribution in [0.15, 0.2) is 36.4 Å². The fraction of sp³-hybridized carbons (Fsp3) is 0.333. The van der Waals surface area contributed by atoms with Crippen LogP contribution in [-0.4, -0.2) is 43.1 Å². The summed E-state index contributed by atoms with van der Waals surface area (Å²) in [5.41, 5.74) is 3.24. The van der Waals surface area contributed by atoms with E-state index in [-0.39, 0.29) is 0 Å². The molecule has 0 radical (unpaired) electrons. The zero-order valence-electron chi connectivity index (χ0n) is 17.4. The standard InChI is InChI=1S/C21H26N4O3S/c1-14-6-8-15(9-7-14)20-22-21(29)25(23-20)13-24(2)12-16-10-11-17(26-3)19(28-5)18(16)27-4/h6-11H,12-13H2,1-5H3,(H,22,23,29)/p+1. The van der Waals surface area contributed by atoms with Crippen molar-refractivity contribution in [2.45, 2.75) is 20.1 Å². The molecular weight excluding hydrogens is 388 g/mol. The van der Waals surface area contributed by atoms with Gasteiger partial charge < -0.3 is 19.1 Å². The fourth-order valence-corrected chi connectivity index (χ4v) is 3.46. The van der Waals surface area contributed by atoms with Crippen molar-refractivity contribution in [3.05, 3.63) is 52.3 Å². The zero-order chi connectivity index (χ0) is 21.0. The number of benzene rings is 2. The molecule has 0 amide bonds. The predicted octanol–water partition coefficient (Wildman–Crippen LogP) is 2.61. The first-order valence-corrected chi connectivity index (χ1v) is 9.70. The minimum absolute atomic E-state index is 0.527. The lowest BCUT2D eigenvalue weighted by Crippen LogP contribution is -3.07. The molecule has 154 valence electrons. The van der Waals surface area contributed by atoms with Crippen LogP contribution < -0.4 is 19.1 Å². The Morgan fingerprint density at radius 2 is 1.69 bits per heavy atom. The number of H-pyrrole nitrogens is 1. The second-order valence-corrected chi connectivity index (χ2v) is 7.30. The lowest BCUT2D eigenvalue weighted by atomic mass is 10.1. The largest absolute Gasteiger partial charge is 0.493 e. The Bertz CT molecular complexity index is 1030. The number of nitrogens with zero attached hydrogens (tertiary/aromatic N) is 2. The monoisotopic (exact) mass is 415 g/mol. The molecule has 2 aromatic carbocycles. The molecule has 0 bridgehead atoms. The number of methoxy groups -OCH3 is 3. The molecule has 0 aliphatic carbocycles. The summed E-state index contributed by atoms with van der Waals surface area (Å²) in [4.78, 5) is 5.70. The van der Waals surface area contributed by atoms with Crippen molar-refractivity contribution in [2.75, 3.05) is 28.4 Å². The van der Waals surface area contributed by atoms with E-state index < -0.39 is 0 Å². The van der Waals surface area contributed by atoms with Gasteiger partial charge in [0.2, 0.25) is 10.5 Å². The first kappa shape index (κ1) is 20.9. The predicted molar refractivity (Wildman–Crippen MR) is 114 cm³/mol. The SMILES string of the molecule is COc1ccc(C[NH+](C)Cn2[nH]c(-c3ccc(C)cc3)nc2=S)c(OC)c1OC. The normalized spacial score (nSPS) is 11.9. The summed E-state index contributed by atoms with van der Waals surface area (Å²) in [6.07, 6.45) is 0. The van der Waals surface area contributed by atoms with Gasteiger partial charge in [-0.3, -0.25) is 5.10 Å². The van der Waals surface area contributed by atoms with E-state index in [9.17, 15) is 0 Å². The summed E-state index contributed by atoms with van der Waals surface area (Å²) in [7, 11) is 6.94. The van der Waals surface area contributed by atoms with Gasteiger partial charge in [0, 0.05) is 5.56 Å². The molecule has 8 heteroatoms. The van der Waals surface area contributed by atoms with Gasteiger partial charge in [0.25, 0.3) is 0 Å². The van der Waals surface area contributed by atoms with Crippen molar-refractivity contribution in [3.8, 4) is 28.6 Å². The van der Waals surface area contributed by atoms with Crippen LogP contribution in [0.4, 0.5) is 0 Å². The quantitative estimate of drug-likeness (QED) is 0.554. The summed E-state index contributed by atoms with van der Waals surface area (Å²) in [5, 5.41) is 3.31. The molecule has 0 spiro atoms. The number of aromatic nitrogens is 3. The van der Waals surface area contributed by atoms with E-state index in [0.717, 1.165) is 17.0 Å². The van der Waals surface area contributed by atoms with Gasteiger partial charge in [0.15, 0.2) is 24.0 Å². The van der Waals surface area contributed by atoms with E-state index in [1.807, 2.05) is 28.9 Å². The third-order valence-electron chi connectivity index (χ3n) is 4.71. The van der Waals surface area contributed by atoms with Gasteiger partial charge in [-0.2, -0.15) is 4.98 Å².